The van der Waals surface area contributed by atoms with Crippen LogP contribution in [0.2, 0.25) is 0 Å². The van der Waals surface area contributed by atoms with E-state index in [1.165, 1.54) is 0 Å². The highest BCUT2D eigenvalue weighted by molar-refractivity contribution is 4.92. The van der Waals surface area contributed by atoms with E-state index in [1.807, 2.05) is 0 Å². The zero-order valence-corrected chi connectivity index (χ0v) is 9.32. The summed E-state index contributed by atoms with van der Waals surface area (Å²) in [6, 6.07) is 0. The lowest BCUT2D eigenvalue weighted by Crippen LogP contribution is -2.48. The Hall–Kier alpha value is -0.0400. The van der Waals surface area contributed by atoms with Gasteiger partial charge < -0.3 is 4.74 Å². The molecule has 0 aromatic heterocycles. The van der Waals surface area contributed by atoms with Gasteiger partial charge in [0.25, 0.3) is 0 Å². The van der Waals surface area contributed by atoms with Gasteiger partial charge in [-0.2, -0.15) is 0 Å². The van der Waals surface area contributed by atoms with Crippen molar-refractivity contribution in [3.05, 3.63) is 0 Å². The van der Waals surface area contributed by atoms with E-state index < -0.39 is 0 Å². The van der Waals surface area contributed by atoms with Crippen LogP contribution in [0.4, 0.5) is 0 Å². The minimum atomic E-state index is 0.0469. The number of hydrogen-bond donors (Lipinski definition) is 0. The minimum Gasteiger partial charge on any atom is -0.370 e. The highest BCUT2D eigenvalue weighted by Crippen LogP contribution is 2.45. The van der Waals surface area contributed by atoms with Gasteiger partial charge >= 0.3 is 0 Å². The van der Waals surface area contributed by atoms with Crippen molar-refractivity contribution in [2.24, 2.45) is 5.41 Å². The van der Waals surface area contributed by atoms with Gasteiger partial charge in [0.05, 0.1) is 11.2 Å². The Labute approximate surface area is 76.5 Å². The van der Waals surface area contributed by atoms with Crippen LogP contribution in [0.25, 0.3) is 0 Å². The Bertz CT molecular complexity index is 132. The molecule has 1 heterocycles. The summed E-state index contributed by atoms with van der Waals surface area (Å²) in [6.07, 6.45) is 2.31. The molecule has 1 aliphatic rings. The summed E-state index contributed by atoms with van der Waals surface area (Å²) >= 11 is 0. The second kappa shape index (κ2) is 2.47. The maximum Gasteiger partial charge on any atom is 0.0638 e. The Morgan fingerprint density at radius 2 is 1.08 bits per heavy atom. The van der Waals surface area contributed by atoms with Gasteiger partial charge in [0.1, 0.15) is 0 Å². The van der Waals surface area contributed by atoms with Crippen molar-refractivity contribution in [3.8, 4) is 0 Å². The van der Waals surface area contributed by atoms with Gasteiger partial charge in [0.2, 0.25) is 0 Å². The zero-order valence-electron chi connectivity index (χ0n) is 9.32. The van der Waals surface area contributed by atoms with E-state index in [0.717, 1.165) is 12.8 Å². The molecule has 0 N–H and O–H groups in total. The molecular formula is C11H22O. The van der Waals surface area contributed by atoms with Crippen LogP contribution in [0.3, 0.4) is 0 Å². The van der Waals surface area contributed by atoms with Crippen molar-refractivity contribution in [1.82, 2.24) is 0 Å². The van der Waals surface area contributed by atoms with E-state index in [9.17, 15) is 0 Å². The molecule has 0 spiro atoms. The van der Waals surface area contributed by atoms with Crippen molar-refractivity contribution < 1.29 is 4.74 Å². The molecule has 0 aromatic carbocycles. The summed E-state index contributed by atoms with van der Waals surface area (Å²) < 4.78 is 6.00. The normalized spacial score (nSPS) is 31.5. The first-order chi connectivity index (χ1) is 5.12. The SMILES string of the molecule is CC1(C)CC(C)(C)OC(C)(C)C1. The highest BCUT2D eigenvalue weighted by Gasteiger charge is 2.42. The van der Waals surface area contributed by atoms with Crippen molar-refractivity contribution in [2.45, 2.75) is 65.6 Å². The Balaban J connectivity index is 2.81. The van der Waals surface area contributed by atoms with Crippen molar-refractivity contribution in [3.63, 3.8) is 0 Å². The molecule has 1 saturated heterocycles. The number of rotatable bonds is 0. The topological polar surface area (TPSA) is 9.23 Å². The molecule has 1 aliphatic heterocycles. The molecule has 0 bridgehead atoms. The van der Waals surface area contributed by atoms with Gasteiger partial charge in [-0.3, -0.25) is 0 Å². The summed E-state index contributed by atoms with van der Waals surface area (Å²) in [7, 11) is 0. The van der Waals surface area contributed by atoms with Crippen LogP contribution >= 0.6 is 0 Å². The van der Waals surface area contributed by atoms with E-state index in [2.05, 4.69) is 41.5 Å². The summed E-state index contributed by atoms with van der Waals surface area (Å²) in [5.74, 6) is 0. The maximum atomic E-state index is 6.00. The maximum absolute atomic E-state index is 6.00. The third kappa shape index (κ3) is 2.48. The van der Waals surface area contributed by atoms with E-state index in [1.54, 1.807) is 0 Å². The van der Waals surface area contributed by atoms with E-state index in [-0.39, 0.29) is 11.2 Å². The fourth-order valence-electron chi connectivity index (χ4n) is 3.19. The lowest BCUT2D eigenvalue weighted by Gasteiger charge is -2.49. The quantitative estimate of drug-likeness (QED) is 0.541. The Morgan fingerprint density at radius 3 is 1.33 bits per heavy atom. The van der Waals surface area contributed by atoms with Crippen molar-refractivity contribution in [1.29, 1.82) is 0 Å². The number of ether oxygens (including phenoxy) is 1. The molecule has 0 saturated carbocycles. The van der Waals surface area contributed by atoms with E-state index >= 15 is 0 Å². The van der Waals surface area contributed by atoms with E-state index in [0.29, 0.717) is 5.41 Å². The van der Waals surface area contributed by atoms with Gasteiger partial charge in [-0.1, -0.05) is 13.8 Å². The highest BCUT2D eigenvalue weighted by atomic mass is 16.5. The summed E-state index contributed by atoms with van der Waals surface area (Å²) in [5.41, 5.74) is 0.516. The number of hydrogen-bond acceptors (Lipinski definition) is 1. The first-order valence-corrected chi connectivity index (χ1v) is 4.82. The molecular weight excluding hydrogens is 148 g/mol. The summed E-state index contributed by atoms with van der Waals surface area (Å²) in [5, 5.41) is 0. The zero-order chi connectivity index (χ0) is 9.62. The summed E-state index contributed by atoms with van der Waals surface area (Å²) in [6.45, 7) is 13.4. The molecule has 0 aromatic rings. The first kappa shape index (κ1) is 10.0. The van der Waals surface area contributed by atoms with Gasteiger partial charge in [-0.05, 0) is 46.0 Å². The lowest BCUT2D eigenvalue weighted by molar-refractivity contribution is -0.189. The molecule has 1 rings (SSSR count). The molecule has 0 unspecified atom stereocenters. The molecule has 0 aliphatic carbocycles. The minimum absolute atomic E-state index is 0.0469. The second-order valence-corrected chi connectivity index (χ2v) is 6.14. The largest absolute Gasteiger partial charge is 0.370 e. The molecule has 12 heavy (non-hydrogen) atoms. The summed E-state index contributed by atoms with van der Waals surface area (Å²) in [4.78, 5) is 0. The fourth-order valence-corrected chi connectivity index (χ4v) is 3.19. The standard InChI is InChI=1S/C11H22O/c1-9(2)7-10(3,4)12-11(5,6)8-9/h7-8H2,1-6H3. The first-order valence-electron chi connectivity index (χ1n) is 4.82. The molecule has 0 radical (unpaired) electrons. The van der Waals surface area contributed by atoms with Crippen LogP contribution in [-0.2, 0) is 4.74 Å². The van der Waals surface area contributed by atoms with Crippen molar-refractivity contribution >= 4 is 0 Å². The van der Waals surface area contributed by atoms with Crippen LogP contribution in [0.1, 0.15) is 54.4 Å². The molecule has 72 valence electrons. The molecule has 0 amide bonds. The van der Waals surface area contributed by atoms with E-state index in [4.69, 9.17) is 4.74 Å². The fraction of sp³-hybridized carbons (Fsp3) is 1.00. The second-order valence-electron chi connectivity index (χ2n) is 6.14. The molecule has 0 atom stereocenters. The predicted molar refractivity (Wildman–Crippen MR) is 52.3 cm³/mol. The van der Waals surface area contributed by atoms with Crippen LogP contribution in [0.15, 0.2) is 0 Å². The van der Waals surface area contributed by atoms with Gasteiger partial charge in [0, 0.05) is 0 Å². The molecule has 1 heteroatoms. The molecule has 1 fully saturated rings. The monoisotopic (exact) mass is 170 g/mol. The van der Waals surface area contributed by atoms with Gasteiger partial charge in [-0.15, -0.1) is 0 Å². The van der Waals surface area contributed by atoms with Crippen LogP contribution in [0, 0.1) is 5.41 Å². The Morgan fingerprint density at radius 1 is 0.750 bits per heavy atom. The van der Waals surface area contributed by atoms with Crippen LogP contribution < -0.4 is 0 Å². The van der Waals surface area contributed by atoms with Gasteiger partial charge in [0.15, 0.2) is 0 Å². The Kier molecular flexibility index (Phi) is 2.07. The average Bonchev–Trinajstić information content (AvgIpc) is 1.44. The molecule has 1 nitrogen and oxygen atoms in total. The lowest BCUT2D eigenvalue weighted by atomic mass is 9.71. The third-order valence-corrected chi connectivity index (χ3v) is 2.36. The van der Waals surface area contributed by atoms with Gasteiger partial charge in [-0.25, -0.2) is 0 Å². The average molecular weight is 170 g/mol. The predicted octanol–water partition coefficient (Wildman–Crippen LogP) is 3.38. The third-order valence-electron chi connectivity index (χ3n) is 2.36. The smallest absolute Gasteiger partial charge is 0.0638 e. The van der Waals surface area contributed by atoms with Crippen LogP contribution in [0.5, 0.6) is 0 Å². The van der Waals surface area contributed by atoms with Crippen molar-refractivity contribution in [2.75, 3.05) is 0 Å². The van der Waals surface area contributed by atoms with Crippen LogP contribution in [-0.4, -0.2) is 11.2 Å².